The molecule has 1 N–H and O–H groups in total. The Morgan fingerprint density at radius 2 is 1.90 bits per heavy atom. The molecule has 2 rings (SSSR count). The van der Waals surface area contributed by atoms with Gasteiger partial charge >= 0.3 is 0 Å². The highest BCUT2D eigenvalue weighted by atomic mass is 16.2. The predicted octanol–water partition coefficient (Wildman–Crippen LogP) is 3.40. The van der Waals surface area contributed by atoms with Crippen LogP contribution in [0.4, 0.5) is 0 Å². The number of hydrogen-bond acceptors (Lipinski definition) is 2. The fourth-order valence-electron chi connectivity index (χ4n) is 3.70. The Morgan fingerprint density at radius 1 is 1.25 bits per heavy atom. The molecule has 116 valence electrons. The van der Waals surface area contributed by atoms with Gasteiger partial charge in [0.15, 0.2) is 0 Å². The van der Waals surface area contributed by atoms with Gasteiger partial charge in [0.05, 0.1) is 12.2 Å². The van der Waals surface area contributed by atoms with E-state index >= 15 is 0 Å². The standard InChI is InChI=1S/C17H32N2O/c1-5-6-15-18-16(12(2)3)17(20)19(15)11-14-9-7-13(4)8-10-14/h12-16,18H,5-11H2,1-4H3. The summed E-state index contributed by atoms with van der Waals surface area (Å²) < 4.78 is 0. The molecule has 3 nitrogen and oxygen atoms in total. The highest BCUT2D eigenvalue weighted by Gasteiger charge is 2.40. The van der Waals surface area contributed by atoms with Gasteiger partial charge in [-0.1, -0.05) is 47.0 Å². The number of hydrogen-bond donors (Lipinski definition) is 1. The van der Waals surface area contributed by atoms with E-state index in [2.05, 4.69) is 37.9 Å². The van der Waals surface area contributed by atoms with Crippen LogP contribution in [0.15, 0.2) is 0 Å². The third-order valence-electron chi connectivity index (χ3n) is 5.12. The van der Waals surface area contributed by atoms with Crippen LogP contribution >= 0.6 is 0 Å². The Hall–Kier alpha value is -0.570. The smallest absolute Gasteiger partial charge is 0.241 e. The molecule has 2 fully saturated rings. The highest BCUT2D eigenvalue weighted by Crippen LogP contribution is 2.31. The molecule has 2 atom stereocenters. The number of rotatable bonds is 5. The van der Waals surface area contributed by atoms with Crippen LogP contribution in [0.2, 0.25) is 0 Å². The maximum absolute atomic E-state index is 12.6. The predicted molar refractivity (Wildman–Crippen MR) is 83.3 cm³/mol. The largest absolute Gasteiger partial charge is 0.326 e. The highest BCUT2D eigenvalue weighted by molar-refractivity contribution is 5.84. The third kappa shape index (κ3) is 3.55. The molecule has 1 saturated carbocycles. The second kappa shape index (κ2) is 6.93. The van der Waals surface area contributed by atoms with Gasteiger partial charge in [-0.3, -0.25) is 10.1 Å². The first-order valence-electron chi connectivity index (χ1n) is 8.59. The molecule has 0 bridgehead atoms. The number of amides is 1. The van der Waals surface area contributed by atoms with Crippen molar-refractivity contribution in [2.24, 2.45) is 17.8 Å². The summed E-state index contributed by atoms with van der Waals surface area (Å²) >= 11 is 0. The summed E-state index contributed by atoms with van der Waals surface area (Å²) in [6.45, 7) is 9.82. The summed E-state index contributed by atoms with van der Waals surface area (Å²) in [5.41, 5.74) is 0. The molecule has 1 aliphatic heterocycles. The van der Waals surface area contributed by atoms with Crippen LogP contribution in [0.25, 0.3) is 0 Å². The van der Waals surface area contributed by atoms with Crippen molar-refractivity contribution in [1.82, 2.24) is 10.2 Å². The lowest BCUT2D eigenvalue weighted by Crippen LogP contribution is -2.41. The summed E-state index contributed by atoms with van der Waals surface area (Å²) in [5, 5.41) is 3.57. The zero-order valence-electron chi connectivity index (χ0n) is 13.7. The van der Waals surface area contributed by atoms with Crippen molar-refractivity contribution in [2.45, 2.75) is 78.4 Å². The lowest BCUT2D eigenvalue weighted by molar-refractivity contribution is -0.131. The zero-order valence-corrected chi connectivity index (χ0v) is 13.7. The van der Waals surface area contributed by atoms with Crippen LogP contribution in [-0.2, 0) is 4.79 Å². The molecule has 0 aromatic rings. The van der Waals surface area contributed by atoms with E-state index in [-0.39, 0.29) is 12.2 Å². The summed E-state index contributed by atoms with van der Waals surface area (Å²) in [6.07, 6.45) is 7.77. The van der Waals surface area contributed by atoms with Crippen molar-refractivity contribution in [2.75, 3.05) is 6.54 Å². The average molecular weight is 280 g/mol. The molecule has 2 aliphatic rings. The van der Waals surface area contributed by atoms with Crippen molar-refractivity contribution in [3.8, 4) is 0 Å². The van der Waals surface area contributed by atoms with Crippen LogP contribution in [-0.4, -0.2) is 29.6 Å². The van der Waals surface area contributed by atoms with Crippen molar-refractivity contribution < 1.29 is 4.79 Å². The second-order valence-electron chi connectivity index (χ2n) is 7.31. The zero-order chi connectivity index (χ0) is 14.7. The third-order valence-corrected chi connectivity index (χ3v) is 5.12. The van der Waals surface area contributed by atoms with E-state index in [1.807, 2.05) is 0 Å². The molecule has 20 heavy (non-hydrogen) atoms. The van der Waals surface area contributed by atoms with Crippen LogP contribution in [0.3, 0.4) is 0 Å². The quantitative estimate of drug-likeness (QED) is 0.837. The van der Waals surface area contributed by atoms with Crippen molar-refractivity contribution in [3.63, 3.8) is 0 Å². The van der Waals surface area contributed by atoms with E-state index in [1.165, 1.54) is 25.7 Å². The molecule has 0 aromatic carbocycles. The fourth-order valence-corrected chi connectivity index (χ4v) is 3.70. The molecule has 3 heteroatoms. The number of nitrogens with one attached hydrogen (secondary N) is 1. The van der Waals surface area contributed by atoms with Gasteiger partial charge in [0.1, 0.15) is 0 Å². The lowest BCUT2D eigenvalue weighted by atomic mass is 9.82. The molecular weight excluding hydrogens is 248 g/mol. The minimum atomic E-state index is 0.0362. The Balaban J connectivity index is 1.97. The Labute approximate surface area is 124 Å². The van der Waals surface area contributed by atoms with E-state index in [9.17, 15) is 4.79 Å². The number of carbonyl (C=O) groups is 1. The van der Waals surface area contributed by atoms with Crippen molar-refractivity contribution in [3.05, 3.63) is 0 Å². The van der Waals surface area contributed by atoms with Gasteiger partial charge in [0.2, 0.25) is 5.91 Å². The van der Waals surface area contributed by atoms with E-state index in [1.54, 1.807) is 0 Å². The molecule has 0 radical (unpaired) electrons. The summed E-state index contributed by atoms with van der Waals surface area (Å²) in [6, 6.07) is 0.0362. The van der Waals surface area contributed by atoms with Gasteiger partial charge in [0.25, 0.3) is 0 Å². The van der Waals surface area contributed by atoms with E-state index in [0.29, 0.717) is 11.8 Å². The normalized spacial score (nSPS) is 35.0. The molecule has 1 saturated heterocycles. The number of carbonyl (C=O) groups excluding carboxylic acids is 1. The van der Waals surface area contributed by atoms with Crippen molar-refractivity contribution >= 4 is 5.91 Å². The second-order valence-corrected chi connectivity index (χ2v) is 7.31. The van der Waals surface area contributed by atoms with Gasteiger partial charge in [-0.05, 0) is 37.0 Å². The molecule has 1 amide bonds. The summed E-state index contributed by atoms with van der Waals surface area (Å²) in [5.74, 6) is 2.34. The first-order valence-corrected chi connectivity index (χ1v) is 8.59. The molecular formula is C17H32N2O. The Morgan fingerprint density at radius 3 is 2.45 bits per heavy atom. The minimum absolute atomic E-state index is 0.0362. The summed E-state index contributed by atoms with van der Waals surface area (Å²) in [4.78, 5) is 14.8. The van der Waals surface area contributed by atoms with Gasteiger partial charge in [0, 0.05) is 6.54 Å². The first-order chi connectivity index (χ1) is 9.52. The van der Waals surface area contributed by atoms with Gasteiger partial charge in [-0.15, -0.1) is 0 Å². The molecule has 0 spiro atoms. The molecule has 0 aromatic heterocycles. The van der Waals surface area contributed by atoms with Gasteiger partial charge < -0.3 is 4.90 Å². The average Bonchev–Trinajstić information content (AvgIpc) is 2.71. The van der Waals surface area contributed by atoms with Crippen LogP contribution in [0.5, 0.6) is 0 Å². The lowest BCUT2D eigenvalue weighted by Gasteiger charge is -2.32. The molecule has 1 aliphatic carbocycles. The minimum Gasteiger partial charge on any atom is -0.326 e. The maximum Gasteiger partial charge on any atom is 0.241 e. The van der Waals surface area contributed by atoms with Gasteiger partial charge in [-0.25, -0.2) is 0 Å². The molecule has 1 heterocycles. The first kappa shape index (κ1) is 15.8. The van der Waals surface area contributed by atoms with E-state index in [4.69, 9.17) is 0 Å². The number of nitrogens with zero attached hydrogens (tertiary/aromatic N) is 1. The van der Waals surface area contributed by atoms with E-state index < -0.39 is 0 Å². The topological polar surface area (TPSA) is 32.3 Å². The summed E-state index contributed by atoms with van der Waals surface area (Å²) in [7, 11) is 0. The SMILES string of the molecule is CCCC1NC(C(C)C)C(=O)N1CC1CCC(C)CC1. The van der Waals surface area contributed by atoms with E-state index in [0.717, 1.165) is 31.2 Å². The van der Waals surface area contributed by atoms with Crippen LogP contribution < -0.4 is 5.32 Å². The van der Waals surface area contributed by atoms with Crippen LogP contribution in [0, 0.1) is 17.8 Å². The van der Waals surface area contributed by atoms with Gasteiger partial charge in [-0.2, -0.15) is 0 Å². The van der Waals surface area contributed by atoms with Crippen LogP contribution in [0.1, 0.15) is 66.2 Å². The Bertz CT molecular complexity index is 321. The Kier molecular flexibility index (Phi) is 5.48. The fraction of sp³-hybridized carbons (Fsp3) is 0.941. The monoisotopic (exact) mass is 280 g/mol. The molecule has 2 unspecified atom stereocenters. The maximum atomic E-state index is 12.6. The van der Waals surface area contributed by atoms with Crippen molar-refractivity contribution in [1.29, 1.82) is 0 Å².